The van der Waals surface area contributed by atoms with Gasteiger partial charge in [0.2, 0.25) is 30.0 Å². The Bertz CT molecular complexity index is 5100. The van der Waals surface area contributed by atoms with Gasteiger partial charge in [0.1, 0.15) is 49.5 Å². The third-order valence-corrected chi connectivity index (χ3v) is 33.1. The molecule has 6 saturated carbocycles. The molecule has 0 heterocycles. The smallest absolute Gasteiger partial charge is 0.205 e. The van der Waals surface area contributed by atoms with E-state index >= 15 is 0 Å². The summed E-state index contributed by atoms with van der Waals surface area (Å²) in [4.78, 5) is 1.86. The molecule has 6 fully saturated rings. The first-order valence-electron chi connectivity index (χ1n) is 52.6. The van der Waals surface area contributed by atoms with Gasteiger partial charge in [0.15, 0.2) is 32.6 Å². The highest BCUT2D eigenvalue weighted by atomic mass is 32.2. The standard InChI is InChI=1S/C27H40O2.C21H34O2.C20H32O2.C18H15S.C16H14F4O4S.2C10H14O/c1-3-18(2)19-12-14-22(15-13-19)28-27(20-8-5-4-6-9-20)29-26-17-21-16-25(26)24-11-7-10-23(21)24;1-6-17(4)18-10-12-19(13-11-18)23-20(22-16(2)3)21(5)14-8-7-9-15-21;1-4-16(2)19-10-12-20(13-11-19)22-17(3)21-15-14-18-8-6-5-7-9-18;1-4-10-16(11-5-1)19(17-12-6-2-7-13-17)18-14-8-3-9-15-18;1-3-8(2)9-4-6-10(7-5-9)24-15-11(17)13(19)16(25(21,22)23)14(20)12(15)18;2*1-3-8(2)9-4-6-10(11)7-5-9/h12-15,18,20-21,23-27H,3-11,16-17H2,1-2H3;10-13,16-17,20H,6-9,14-15H2,1-5H3;10-13,16-18H,4-9,14-15H2,1-3H3;1-15H;4-8H,3H2,1-2H3,(H,21,22,23);2*4-8,11H,3H2,1-2H3/q;;;+1;;;/p-1. The second-order valence-corrected chi connectivity index (χ2v) is 43.8. The maximum Gasteiger partial charge on any atom is 0.205 e. The van der Waals surface area contributed by atoms with E-state index in [4.69, 9.17) is 43.4 Å². The van der Waals surface area contributed by atoms with E-state index in [1.165, 1.54) is 202 Å². The van der Waals surface area contributed by atoms with Crippen molar-refractivity contribution in [3.63, 3.8) is 0 Å². The summed E-state index contributed by atoms with van der Waals surface area (Å²) >= 11 is 0. The molecular formula is C122H162F4O12S2. The second-order valence-electron chi connectivity index (χ2n) is 40.4. The summed E-state index contributed by atoms with van der Waals surface area (Å²) in [6, 6.07) is 78.8. The lowest BCUT2D eigenvalue weighted by Gasteiger charge is -2.40. The van der Waals surface area contributed by atoms with Crippen molar-refractivity contribution in [1.29, 1.82) is 0 Å². The minimum atomic E-state index is -5.75. The highest BCUT2D eigenvalue weighted by molar-refractivity contribution is 7.97. The molecule has 2 N–H and O–H groups in total. The number of phenols is 2. The SMILES string of the molecule is CCC(C)c1ccc(O)cc1.CCC(C)c1ccc(O)cc1.CCC(C)c1ccc(OC(C)OCCC2CCCCC2)cc1.CCC(C)c1ccc(OC(OC(C)C)C2(C)CCCCC2)cc1.CCC(C)c1ccc(OC(OC2CC3CC2C2CCCC32)C2CCCCC2)cc1.CCC(C)c1ccc(Oc2c(F)c(F)c(S(=O)(=O)[O-])c(F)c2F)cc1.c1ccc([S+](c2ccccc2)c2ccccc2)cc1. The van der Waals surface area contributed by atoms with Crippen LogP contribution in [0.1, 0.15) is 353 Å². The van der Waals surface area contributed by atoms with Crippen LogP contribution in [-0.4, -0.2) is 60.9 Å². The van der Waals surface area contributed by atoms with E-state index in [9.17, 15) is 30.5 Å². The Morgan fingerprint density at radius 2 is 0.757 bits per heavy atom. The molecule has 12 nitrogen and oxygen atoms in total. The summed E-state index contributed by atoms with van der Waals surface area (Å²) in [5, 5.41) is 18.0. The summed E-state index contributed by atoms with van der Waals surface area (Å²) in [6.45, 7) is 35.5. The minimum absolute atomic E-state index is 0.0146. The maximum absolute atomic E-state index is 13.9. The van der Waals surface area contributed by atoms with Gasteiger partial charge in [-0.15, -0.1) is 0 Å². The number of phenolic OH excluding ortho intramolecular Hbond substituents is 2. The summed E-state index contributed by atoms with van der Waals surface area (Å²) in [6.07, 6.45) is 35.1. The zero-order valence-electron chi connectivity index (χ0n) is 86.4. The van der Waals surface area contributed by atoms with Gasteiger partial charge < -0.3 is 47.9 Å². The Labute approximate surface area is 840 Å². The number of aromatic hydroxyl groups is 2. The summed E-state index contributed by atoms with van der Waals surface area (Å²) < 4.78 is 130. The van der Waals surface area contributed by atoms with Gasteiger partial charge in [0.25, 0.3) is 0 Å². The molecule has 0 spiro atoms. The number of hydrogen-bond donors (Lipinski definition) is 2. The summed E-state index contributed by atoms with van der Waals surface area (Å²) in [5.41, 5.74) is 7.80. The molecule has 0 aliphatic heterocycles. The van der Waals surface area contributed by atoms with Gasteiger partial charge in [-0.2, -0.15) is 8.78 Å². The van der Waals surface area contributed by atoms with Gasteiger partial charge >= 0.3 is 0 Å². The van der Waals surface area contributed by atoms with Crippen molar-refractivity contribution in [3.05, 3.63) is 293 Å². The summed E-state index contributed by atoms with van der Waals surface area (Å²) in [5.74, 6) is 1.44. The van der Waals surface area contributed by atoms with Gasteiger partial charge in [-0.1, -0.05) is 294 Å². The van der Waals surface area contributed by atoms with Gasteiger partial charge in [0.05, 0.1) is 29.7 Å². The van der Waals surface area contributed by atoms with E-state index in [2.05, 4.69) is 254 Å². The average molecular weight is 1960 g/mol. The maximum atomic E-state index is 13.9. The Kier molecular flexibility index (Phi) is 46.2. The molecule has 0 radical (unpaired) electrons. The molecule has 6 aliphatic rings. The number of hydrogen-bond acceptors (Lipinski definition) is 12. The molecule has 140 heavy (non-hydrogen) atoms. The molecule has 0 amide bonds. The third-order valence-electron chi connectivity index (χ3n) is 30.1. The lowest BCUT2D eigenvalue weighted by atomic mass is 9.75. The monoisotopic (exact) mass is 1960 g/mol. The van der Waals surface area contributed by atoms with E-state index in [1.807, 2.05) is 45.0 Å². The number of rotatable bonds is 34. The topological polar surface area (TPSA) is 162 Å². The van der Waals surface area contributed by atoms with E-state index in [0.717, 1.165) is 84.7 Å². The molecule has 10 aromatic carbocycles. The molecule has 18 heteroatoms. The number of ether oxygens (including phenoxy) is 7. The Morgan fingerprint density at radius 1 is 0.400 bits per heavy atom. The zero-order chi connectivity index (χ0) is 101. The largest absolute Gasteiger partial charge is 0.744 e. The average Bonchev–Trinajstić information content (AvgIpc) is 1.57. The number of halogens is 4. The van der Waals surface area contributed by atoms with Crippen LogP contribution in [0.3, 0.4) is 0 Å². The molecule has 2 bridgehead atoms. The minimum Gasteiger partial charge on any atom is -0.744 e. The first kappa shape index (κ1) is 113. The predicted molar refractivity (Wildman–Crippen MR) is 562 cm³/mol. The predicted octanol–water partition coefficient (Wildman–Crippen LogP) is 34.6. The quantitative estimate of drug-likeness (QED) is 0.0129. The molecule has 0 saturated heterocycles. The van der Waals surface area contributed by atoms with E-state index in [0.29, 0.717) is 53.1 Å². The molecule has 14 atom stereocenters. The van der Waals surface area contributed by atoms with Gasteiger partial charge in [0, 0.05) is 11.3 Å². The van der Waals surface area contributed by atoms with E-state index < -0.39 is 44.0 Å². The normalized spacial score (nSPS) is 19.6. The van der Waals surface area contributed by atoms with Crippen LogP contribution in [-0.2, 0) is 35.2 Å². The van der Waals surface area contributed by atoms with Crippen LogP contribution in [0.2, 0.25) is 0 Å². The van der Waals surface area contributed by atoms with Crippen LogP contribution in [0, 0.1) is 64.2 Å². The van der Waals surface area contributed by atoms with Crippen molar-refractivity contribution >= 4 is 21.0 Å². The van der Waals surface area contributed by atoms with Gasteiger partial charge in [-0.3, -0.25) is 0 Å². The number of benzene rings is 10. The van der Waals surface area contributed by atoms with Gasteiger partial charge in [-0.05, 0) is 325 Å². The highest BCUT2D eigenvalue weighted by Crippen LogP contribution is 2.60. The molecule has 14 unspecified atom stereocenters. The molecule has 762 valence electrons. The first-order valence-corrected chi connectivity index (χ1v) is 55.3. The zero-order valence-corrected chi connectivity index (χ0v) is 88.1. The van der Waals surface area contributed by atoms with Crippen LogP contribution in [0.25, 0.3) is 0 Å². The second kappa shape index (κ2) is 57.4. The van der Waals surface area contributed by atoms with Crippen LogP contribution in [0.5, 0.6) is 40.2 Å². The molecule has 16 rings (SSSR count). The molecule has 10 aromatic rings. The molecule has 0 aromatic heterocycles. The Hall–Kier alpha value is -9.14. The molecule has 6 aliphatic carbocycles. The van der Waals surface area contributed by atoms with Crippen molar-refractivity contribution in [3.8, 4) is 40.2 Å². The van der Waals surface area contributed by atoms with Crippen molar-refractivity contribution in [2.75, 3.05) is 6.61 Å². The fraction of sp³-hybridized carbons (Fsp3) is 0.508. The van der Waals surface area contributed by atoms with Gasteiger partial charge in [-0.25, -0.2) is 17.2 Å². The molecular weight excluding hydrogens is 1800 g/mol. The van der Waals surface area contributed by atoms with Crippen LogP contribution in [0.4, 0.5) is 17.6 Å². The van der Waals surface area contributed by atoms with Crippen LogP contribution in [0.15, 0.2) is 256 Å². The summed E-state index contributed by atoms with van der Waals surface area (Å²) in [7, 11) is -5.77. The van der Waals surface area contributed by atoms with Crippen molar-refractivity contribution in [2.45, 2.75) is 370 Å². The number of fused-ring (bicyclic) bond motifs is 5. The third kappa shape index (κ3) is 34.0. The lowest BCUT2D eigenvalue weighted by Crippen LogP contribution is -2.42. The van der Waals surface area contributed by atoms with E-state index in [1.54, 1.807) is 36.4 Å². The van der Waals surface area contributed by atoms with Crippen molar-refractivity contribution < 1.29 is 73.9 Å². The first-order chi connectivity index (χ1) is 67.3. The van der Waals surface area contributed by atoms with E-state index in [-0.39, 0.29) is 53.0 Å². The fourth-order valence-electron chi connectivity index (χ4n) is 20.1. The fourth-order valence-corrected chi connectivity index (χ4v) is 22.8. The van der Waals surface area contributed by atoms with Crippen LogP contribution >= 0.6 is 0 Å². The Balaban J connectivity index is 0.000000172. The Morgan fingerprint density at radius 3 is 1.14 bits per heavy atom. The highest BCUT2D eigenvalue weighted by Gasteiger charge is 2.55. The van der Waals surface area contributed by atoms with Crippen LogP contribution < -0.4 is 18.9 Å². The van der Waals surface area contributed by atoms with Crippen molar-refractivity contribution in [1.82, 2.24) is 0 Å². The van der Waals surface area contributed by atoms with Crippen molar-refractivity contribution in [2.24, 2.45) is 40.9 Å². The lowest BCUT2D eigenvalue weighted by molar-refractivity contribution is -0.182.